The average molecular weight is 888 g/mol. The number of aryl methyl sites for hydroxylation is 3. The van der Waals surface area contributed by atoms with Crippen LogP contribution in [-0.2, 0) is 41.0 Å². The Bertz CT molecular complexity index is 3050. The molecule has 0 saturated heterocycles. The van der Waals surface area contributed by atoms with Crippen LogP contribution in [0.25, 0.3) is 33.8 Å². The fourth-order valence-corrected chi connectivity index (χ4v) is 9.36. The zero-order valence-electron chi connectivity index (χ0n) is 38.4. The summed E-state index contributed by atoms with van der Waals surface area (Å²) in [5.74, 6) is 0.534. The lowest BCUT2D eigenvalue weighted by Crippen LogP contribution is -2.43. The van der Waals surface area contributed by atoms with Crippen molar-refractivity contribution in [3.05, 3.63) is 208 Å². The van der Waals surface area contributed by atoms with E-state index in [0.29, 0.717) is 24.4 Å². The van der Waals surface area contributed by atoms with Gasteiger partial charge in [0.25, 0.3) is 5.91 Å². The predicted octanol–water partition coefficient (Wildman–Crippen LogP) is 9.55. The highest BCUT2D eigenvalue weighted by molar-refractivity contribution is 5.97. The van der Waals surface area contributed by atoms with Crippen molar-refractivity contribution in [2.24, 2.45) is 0 Å². The molecule has 0 radical (unpaired) electrons. The van der Waals surface area contributed by atoms with Crippen molar-refractivity contribution >= 4 is 23.0 Å². The Morgan fingerprint density at radius 1 is 0.701 bits per heavy atom. The van der Waals surface area contributed by atoms with Gasteiger partial charge in [-0.1, -0.05) is 153 Å². The van der Waals surface area contributed by atoms with Crippen LogP contribution in [0.3, 0.4) is 0 Å². The van der Waals surface area contributed by atoms with Crippen LogP contribution in [0.5, 0.6) is 0 Å². The number of imidazole rings is 1. The van der Waals surface area contributed by atoms with Crippen molar-refractivity contribution in [1.82, 2.24) is 44.6 Å². The zero-order chi connectivity index (χ0) is 46.5. The Labute approximate surface area is 390 Å². The molecular weight excluding hydrogens is 835 g/mol. The van der Waals surface area contributed by atoms with Gasteiger partial charge in [-0.15, -0.1) is 5.10 Å². The molecule has 0 spiro atoms. The summed E-state index contributed by atoms with van der Waals surface area (Å²) in [6, 6.07) is 52.5. The van der Waals surface area contributed by atoms with E-state index in [2.05, 4.69) is 144 Å². The van der Waals surface area contributed by atoms with Crippen LogP contribution < -0.4 is 5.32 Å². The smallest absolute Gasteiger partial charge is 0.328 e. The number of hydrogen-bond acceptors (Lipinski definition) is 8. The van der Waals surface area contributed by atoms with Gasteiger partial charge >= 0.3 is 5.97 Å². The molecule has 0 bridgehead atoms. The minimum Gasteiger partial charge on any atom is -0.464 e. The third-order valence-corrected chi connectivity index (χ3v) is 12.5. The van der Waals surface area contributed by atoms with Gasteiger partial charge in [0.15, 0.2) is 11.5 Å². The van der Waals surface area contributed by atoms with Gasteiger partial charge in [-0.05, 0) is 89.2 Å². The number of amides is 1. The van der Waals surface area contributed by atoms with E-state index in [1.807, 2.05) is 60.1 Å². The first-order valence-electron chi connectivity index (χ1n) is 22.9. The highest BCUT2D eigenvalue weighted by atomic mass is 16.5. The molecule has 9 aromatic rings. The van der Waals surface area contributed by atoms with E-state index >= 15 is 0 Å². The number of hydrogen-bond donors (Lipinski definition) is 1. The molecule has 0 fully saturated rings. The Hall–Kier alpha value is -7.99. The number of nitrogens with one attached hydrogen (secondary N) is 1. The number of benzene rings is 5. The first-order valence-corrected chi connectivity index (χ1v) is 22.9. The molecule has 4 heterocycles. The summed E-state index contributed by atoms with van der Waals surface area (Å²) < 4.78 is 11.7. The average Bonchev–Trinajstić information content (AvgIpc) is 4.09. The monoisotopic (exact) mass is 887 g/mol. The van der Waals surface area contributed by atoms with E-state index < -0.39 is 23.5 Å². The molecule has 0 saturated carbocycles. The molecule has 1 amide bonds. The highest BCUT2D eigenvalue weighted by Gasteiger charge is 2.42. The van der Waals surface area contributed by atoms with E-state index in [0.717, 1.165) is 73.8 Å². The lowest BCUT2D eigenvalue weighted by Gasteiger charge is -2.36. The highest BCUT2D eigenvalue weighted by Crippen LogP contribution is 2.44. The van der Waals surface area contributed by atoms with Crippen LogP contribution in [0, 0.1) is 13.8 Å². The van der Waals surface area contributed by atoms with Gasteiger partial charge in [-0.3, -0.25) is 4.79 Å². The maximum atomic E-state index is 13.9. The number of fused-ring (bicyclic) bond motifs is 1. The summed E-state index contributed by atoms with van der Waals surface area (Å²) in [7, 11) is 0. The van der Waals surface area contributed by atoms with Crippen LogP contribution in [-0.4, -0.2) is 63.8 Å². The number of ether oxygens (including phenoxy) is 1. The predicted molar refractivity (Wildman–Crippen MR) is 260 cm³/mol. The lowest BCUT2D eigenvalue weighted by molar-refractivity contribution is -0.145. The van der Waals surface area contributed by atoms with Gasteiger partial charge in [0.1, 0.15) is 28.6 Å². The number of nitrogens with zero attached hydrogens (tertiary/aromatic N) is 8. The maximum Gasteiger partial charge on any atom is 0.328 e. The van der Waals surface area contributed by atoms with Gasteiger partial charge in [0.2, 0.25) is 0 Å². The van der Waals surface area contributed by atoms with Gasteiger partial charge in [0, 0.05) is 30.6 Å². The van der Waals surface area contributed by atoms with Gasteiger partial charge in [-0.2, -0.15) is 0 Å². The minimum absolute atomic E-state index is 0.202. The molecule has 1 atom stereocenters. The molecule has 4 aromatic heterocycles. The number of carbonyl (C=O) groups is 2. The van der Waals surface area contributed by atoms with Gasteiger partial charge in [-0.25, -0.2) is 19.4 Å². The second-order valence-electron chi connectivity index (χ2n) is 16.6. The fourth-order valence-electron chi connectivity index (χ4n) is 9.36. The molecule has 336 valence electrons. The zero-order valence-corrected chi connectivity index (χ0v) is 38.4. The van der Waals surface area contributed by atoms with Crippen LogP contribution in [0.15, 0.2) is 158 Å². The molecular formula is C55H53N9O3. The molecule has 12 nitrogen and oxygen atoms in total. The molecule has 9 rings (SSSR count). The number of aromatic nitrogens is 8. The summed E-state index contributed by atoms with van der Waals surface area (Å²) in [6.45, 7) is 11.4. The van der Waals surface area contributed by atoms with Gasteiger partial charge < -0.3 is 19.2 Å². The largest absolute Gasteiger partial charge is 0.464 e. The van der Waals surface area contributed by atoms with Crippen LogP contribution in [0.2, 0.25) is 0 Å². The van der Waals surface area contributed by atoms with Crippen molar-refractivity contribution in [3.63, 3.8) is 0 Å². The summed E-state index contributed by atoms with van der Waals surface area (Å²) in [5.41, 5.74) is 10.5. The molecule has 0 aliphatic rings. The molecule has 5 aromatic carbocycles. The topological polar surface area (TPSA) is 135 Å². The molecule has 0 aliphatic carbocycles. The van der Waals surface area contributed by atoms with E-state index in [9.17, 15) is 9.59 Å². The number of rotatable bonds is 16. The van der Waals surface area contributed by atoms with E-state index in [1.165, 1.54) is 0 Å². The quantitative estimate of drug-likeness (QED) is 0.0749. The number of tetrazole rings is 1. The lowest BCUT2D eigenvalue weighted by atomic mass is 9.77. The Balaban J connectivity index is 1.08. The SMILES string of the molecule is CCOC(=O)[C@H](Cc1ccccc1)NC(=O)c1cc(C)c2nc(CC)n(Cc3ccc(-c4c(-c5nnnn5C(c5ccccc5)(c5ccccc5)c5ccccc5)cc(C)n4CC)cc3)c2n1. The Morgan fingerprint density at radius 2 is 1.30 bits per heavy atom. The summed E-state index contributed by atoms with van der Waals surface area (Å²) in [4.78, 5) is 36.8. The van der Waals surface area contributed by atoms with E-state index in [4.69, 9.17) is 25.0 Å². The summed E-state index contributed by atoms with van der Waals surface area (Å²) in [6.07, 6.45) is 0.951. The van der Waals surface area contributed by atoms with Crippen LogP contribution in [0.4, 0.5) is 0 Å². The first kappa shape index (κ1) is 44.2. The van der Waals surface area contributed by atoms with Crippen molar-refractivity contribution < 1.29 is 14.3 Å². The van der Waals surface area contributed by atoms with Crippen molar-refractivity contribution in [3.8, 4) is 22.6 Å². The van der Waals surface area contributed by atoms with Crippen LogP contribution >= 0.6 is 0 Å². The van der Waals surface area contributed by atoms with Crippen molar-refractivity contribution in [2.75, 3.05) is 6.61 Å². The molecule has 12 heteroatoms. The van der Waals surface area contributed by atoms with E-state index in [-0.39, 0.29) is 18.7 Å². The van der Waals surface area contributed by atoms with Crippen LogP contribution in [0.1, 0.15) is 76.2 Å². The molecule has 0 aliphatic heterocycles. The second kappa shape index (κ2) is 19.2. The van der Waals surface area contributed by atoms with E-state index in [1.54, 1.807) is 13.0 Å². The minimum atomic E-state index is -0.909. The number of esters is 1. The first-order chi connectivity index (χ1) is 32.7. The normalized spacial score (nSPS) is 12.0. The molecule has 0 unspecified atom stereocenters. The summed E-state index contributed by atoms with van der Waals surface area (Å²) >= 11 is 0. The second-order valence-corrected chi connectivity index (χ2v) is 16.6. The number of pyridine rings is 1. The third-order valence-electron chi connectivity index (χ3n) is 12.5. The van der Waals surface area contributed by atoms with Gasteiger partial charge in [0.05, 0.1) is 18.8 Å². The number of carbonyl (C=O) groups excluding carboxylic acids is 2. The Kier molecular flexibility index (Phi) is 12.7. The summed E-state index contributed by atoms with van der Waals surface area (Å²) in [5, 5.41) is 17.0. The van der Waals surface area contributed by atoms with Crippen molar-refractivity contribution in [2.45, 2.75) is 72.1 Å². The third kappa shape index (κ3) is 8.42. The standard InChI is InChI=1S/C55H53N9O3/c1-6-48-58-49-37(4)33-46(53(65)57-47(54(66)67-8-3)35-39-21-13-9-14-22-39)56-52(49)63(48)36-40-29-31-41(32-30-40)50-45(34-38(5)62(50)7-2)51-59-60-61-64(51)55(42-23-15-10-16-24-42,43-25-17-11-18-26-43)44-27-19-12-20-28-44/h9-34,47H,6-8,35-36H2,1-5H3,(H,57,65)/t47-/m0/s1. The maximum absolute atomic E-state index is 13.9. The molecule has 1 N–H and O–H groups in total. The fraction of sp³-hybridized carbons (Fsp3) is 0.218. The Morgan fingerprint density at radius 3 is 1.87 bits per heavy atom. The van der Waals surface area contributed by atoms with Crippen molar-refractivity contribution in [1.29, 1.82) is 0 Å². The molecule has 67 heavy (non-hydrogen) atoms.